The molecule has 1 heterocycles. The van der Waals surface area contributed by atoms with Crippen molar-refractivity contribution in [3.8, 4) is 5.75 Å². The van der Waals surface area contributed by atoms with Crippen molar-refractivity contribution in [2.24, 2.45) is 11.7 Å². The number of aromatic nitrogens is 1. The van der Waals surface area contributed by atoms with Crippen LogP contribution in [0.4, 0.5) is 0 Å². The second-order valence-electron chi connectivity index (χ2n) is 5.20. The van der Waals surface area contributed by atoms with Crippen molar-refractivity contribution in [3.63, 3.8) is 0 Å². The lowest BCUT2D eigenvalue weighted by Gasteiger charge is -2.13. The van der Waals surface area contributed by atoms with Crippen molar-refractivity contribution >= 4 is 28.1 Å². The molecule has 0 bridgehead atoms. The Labute approximate surface area is 130 Å². The van der Waals surface area contributed by atoms with Gasteiger partial charge in [-0.3, -0.25) is 4.98 Å². The number of pyridine rings is 1. The second kappa shape index (κ2) is 7.33. The fourth-order valence-electron chi connectivity index (χ4n) is 1.97. The molecule has 0 saturated heterocycles. The molecule has 0 spiro atoms. The summed E-state index contributed by atoms with van der Waals surface area (Å²) in [6.45, 7) is 5.94. The highest BCUT2D eigenvalue weighted by molar-refractivity contribution is 7.80. The van der Waals surface area contributed by atoms with Crippen LogP contribution >= 0.6 is 12.2 Å². The van der Waals surface area contributed by atoms with E-state index in [1.165, 1.54) is 0 Å². The summed E-state index contributed by atoms with van der Waals surface area (Å²) in [5.41, 5.74) is 7.27. The van der Waals surface area contributed by atoms with Gasteiger partial charge < -0.3 is 15.2 Å². The number of rotatable bonds is 7. The van der Waals surface area contributed by atoms with Crippen LogP contribution in [0.1, 0.15) is 19.4 Å². The number of para-hydroxylation sites is 1. The molecule has 1 aromatic heterocycles. The van der Waals surface area contributed by atoms with Crippen LogP contribution in [0.5, 0.6) is 5.75 Å². The number of nitrogens with zero attached hydrogens (tertiary/aromatic N) is 1. The molecule has 0 saturated carbocycles. The van der Waals surface area contributed by atoms with Gasteiger partial charge in [-0.25, -0.2) is 0 Å². The number of ether oxygens (including phenoxy) is 2. The van der Waals surface area contributed by atoms with E-state index in [-0.39, 0.29) is 4.99 Å². The summed E-state index contributed by atoms with van der Waals surface area (Å²) in [7, 11) is 0. The van der Waals surface area contributed by atoms with Crippen molar-refractivity contribution in [2.75, 3.05) is 19.8 Å². The smallest absolute Gasteiger partial charge is 0.140 e. The molecule has 0 radical (unpaired) electrons. The van der Waals surface area contributed by atoms with E-state index in [0.717, 1.165) is 17.5 Å². The molecule has 2 aromatic rings. The van der Waals surface area contributed by atoms with Gasteiger partial charge in [0.25, 0.3) is 0 Å². The Morgan fingerprint density at radius 1 is 1.29 bits per heavy atom. The van der Waals surface area contributed by atoms with E-state index in [0.29, 0.717) is 30.4 Å². The summed E-state index contributed by atoms with van der Waals surface area (Å²) in [5.74, 6) is 1.19. The van der Waals surface area contributed by atoms with Gasteiger partial charge in [-0.2, -0.15) is 0 Å². The van der Waals surface area contributed by atoms with Crippen LogP contribution in [0.25, 0.3) is 10.9 Å². The van der Waals surface area contributed by atoms with Crippen LogP contribution in [-0.4, -0.2) is 29.8 Å². The number of thiocarbonyl (C=S) groups is 1. The number of benzene rings is 1. The van der Waals surface area contributed by atoms with Gasteiger partial charge in [0.05, 0.1) is 17.7 Å². The Morgan fingerprint density at radius 3 is 2.76 bits per heavy atom. The predicted molar refractivity (Wildman–Crippen MR) is 88.8 cm³/mol. The average molecular weight is 304 g/mol. The molecular formula is C16H20N2O2S. The lowest BCUT2D eigenvalue weighted by atomic mass is 10.1. The highest BCUT2D eigenvalue weighted by Gasteiger charge is 2.12. The third-order valence-electron chi connectivity index (χ3n) is 2.92. The predicted octanol–water partition coefficient (Wildman–Crippen LogP) is 2.92. The minimum atomic E-state index is 0.284. The lowest BCUT2D eigenvalue weighted by molar-refractivity contribution is 0.0822. The molecule has 2 N–H and O–H groups in total. The molecule has 0 aliphatic carbocycles. The lowest BCUT2D eigenvalue weighted by Crippen LogP contribution is -2.15. The van der Waals surface area contributed by atoms with Gasteiger partial charge in [0.1, 0.15) is 17.3 Å². The number of fused-ring (bicyclic) bond motifs is 1. The number of nitrogens with two attached hydrogens (primary N) is 1. The van der Waals surface area contributed by atoms with Crippen LogP contribution < -0.4 is 10.5 Å². The summed E-state index contributed by atoms with van der Waals surface area (Å²) in [6, 6.07) is 7.76. The normalized spacial score (nSPS) is 11.0. The molecule has 0 aliphatic heterocycles. The van der Waals surface area contributed by atoms with E-state index < -0.39 is 0 Å². The maximum Gasteiger partial charge on any atom is 0.140 e. The largest absolute Gasteiger partial charge is 0.490 e. The SMILES string of the molecule is CC(C)COCCOc1c(C(N)=S)cnc2ccccc12. The van der Waals surface area contributed by atoms with Crippen molar-refractivity contribution in [1.82, 2.24) is 4.98 Å². The van der Waals surface area contributed by atoms with Crippen LogP contribution in [0.15, 0.2) is 30.5 Å². The minimum Gasteiger partial charge on any atom is -0.490 e. The second-order valence-corrected chi connectivity index (χ2v) is 5.64. The summed E-state index contributed by atoms with van der Waals surface area (Å²) >= 11 is 5.07. The molecule has 0 amide bonds. The summed E-state index contributed by atoms with van der Waals surface area (Å²) in [4.78, 5) is 4.64. The van der Waals surface area contributed by atoms with Crippen molar-refractivity contribution in [2.45, 2.75) is 13.8 Å². The molecule has 1 aromatic carbocycles. The first-order valence-electron chi connectivity index (χ1n) is 6.97. The van der Waals surface area contributed by atoms with Gasteiger partial charge >= 0.3 is 0 Å². The van der Waals surface area contributed by atoms with Crippen molar-refractivity contribution < 1.29 is 9.47 Å². The Bertz CT molecular complexity index is 629. The van der Waals surface area contributed by atoms with Crippen LogP contribution in [-0.2, 0) is 4.74 Å². The first-order chi connectivity index (χ1) is 10.1. The first-order valence-corrected chi connectivity index (χ1v) is 7.38. The third-order valence-corrected chi connectivity index (χ3v) is 3.14. The van der Waals surface area contributed by atoms with Crippen molar-refractivity contribution in [3.05, 3.63) is 36.0 Å². The Morgan fingerprint density at radius 2 is 2.05 bits per heavy atom. The third kappa shape index (κ3) is 4.12. The molecule has 112 valence electrons. The maximum atomic E-state index is 5.86. The van der Waals surface area contributed by atoms with Crippen LogP contribution in [0.3, 0.4) is 0 Å². The van der Waals surface area contributed by atoms with Gasteiger partial charge in [-0.1, -0.05) is 38.2 Å². The highest BCUT2D eigenvalue weighted by atomic mass is 32.1. The van der Waals surface area contributed by atoms with Crippen molar-refractivity contribution in [1.29, 1.82) is 0 Å². The molecule has 0 unspecified atom stereocenters. The van der Waals surface area contributed by atoms with Gasteiger partial charge in [0, 0.05) is 18.2 Å². The quantitative estimate of drug-likeness (QED) is 0.629. The zero-order chi connectivity index (χ0) is 15.2. The molecular weight excluding hydrogens is 284 g/mol. The summed E-state index contributed by atoms with van der Waals surface area (Å²) in [5, 5.41) is 0.909. The minimum absolute atomic E-state index is 0.284. The van der Waals surface area contributed by atoms with Gasteiger partial charge in [-0.15, -0.1) is 0 Å². The Kier molecular flexibility index (Phi) is 5.47. The van der Waals surface area contributed by atoms with E-state index in [2.05, 4.69) is 18.8 Å². The summed E-state index contributed by atoms with van der Waals surface area (Å²) < 4.78 is 11.4. The highest BCUT2D eigenvalue weighted by Crippen LogP contribution is 2.28. The molecule has 4 nitrogen and oxygen atoms in total. The standard InChI is InChI=1S/C16H20N2O2S/c1-11(2)10-19-7-8-20-15-12-5-3-4-6-14(12)18-9-13(15)16(17)21/h3-6,9,11H,7-8,10H2,1-2H3,(H2,17,21). The topological polar surface area (TPSA) is 57.4 Å². The zero-order valence-electron chi connectivity index (χ0n) is 12.3. The Hall–Kier alpha value is -1.72. The zero-order valence-corrected chi connectivity index (χ0v) is 13.2. The maximum absolute atomic E-state index is 5.86. The number of hydrogen-bond donors (Lipinski definition) is 1. The monoisotopic (exact) mass is 304 g/mol. The molecule has 0 fully saturated rings. The van der Waals surface area contributed by atoms with E-state index in [1.54, 1.807) is 6.20 Å². The average Bonchev–Trinajstić information content (AvgIpc) is 2.46. The van der Waals surface area contributed by atoms with E-state index >= 15 is 0 Å². The number of hydrogen-bond acceptors (Lipinski definition) is 4. The fourth-order valence-corrected chi connectivity index (χ4v) is 2.11. The molecule has 5 heteroatoms. The first kappa shape index (κ1) is 15.7. The van der Waals surface area contributed by atoms with Crippen LogP contribution in [0.2, 0.25) is 0 Å². The Balaban J connectivity index is 2.16. The molecule has 2 rings (SSSR count). The van der Waals surface area contributed by atoms with E-state index in [9.17, 15) is 0 Å². The summed E-state index contributed by atoms with van der Waals surface area (Å²) in [6.07, 6.45) is 1.66. The van der Waals surface area contributed by atoms with Gasteiger partial charge in [-0.05, 0) is 18.1 Å². The van der Waals surface area contributed by atoms with E-state index in [1.807, 2.05) is 24.3 Å². The van der Waals surface area contributed by atoms with Crippen LogP contribution in [0, 0.1) is 5.92 Å². The molecule has 0 atom stereocenters. The van der Waals surface area contributed by atoms with Gasteiger partial charge in [0.2, 0.25) is 0 Å². The fraction of sp³-hybridized carbons (Fsp3) is 0.375. The van der Waals surface area contributed by atoms with E-state index in [4.69, 9.17) is 27.4 Å². The molecule has 21 heavy (non-hydrogen) atoms. The molecule has 0 aliphatic rings. The van der Waals surface area contributed by atoms with Gasteiger partial charge in [0.15, 0.2) is 0 Å².